The lowest BCUT2D eigenvalue weighted by Gasteiger charge is -2.14. The van der Waals surface area contributed by atoms with Crippen molar-refractivity contribution in [3.8, 4) is 5.75 Å². The van der Waals surface area contributed by atoms with Gasteiger partial charge in [0.1, 0.15) is 12.4 Å². The van der Waals surface area contributed by atoms with Gasteiger partial charge in [0.05, 0.1) is 12.2 Å². The molecule has 1 aromatic rings. The van der Waals surface area contributed by atoms with E-state index in [-0.39, 0.29) is 17.9 Å². The molecule has 2 N–H and O–H groups in total. The average Bonchev–Trinajstić information content (AvgIpc) is 3.23. The van der Waals surface area contributed by atoms with Crippen LogP contribution in [0.3, 0.4) is 0 Å². The van der Waals surface area contributed by atoms with Gasteiger partial charge in [0.15, 0.2) is 0 Å². The fourth-order valence-electron chi connectivity index (χ4n) is 1.86. The second-order valence-electron chi connectivity index (χ2n) is 4.94. The molecule has 0 heterocycles. The molecule has 19 heavy (non-hydrogen) atoms. The van der Waals surface area contributed by atoms with Crippen LogP contribution in [0, 0.1) is 5.41 Å². The van der Waals surface area contributed by atoms with Gasteiger partial charge in [-0.05, 0) is 25.0 Å². The Balaban J connectivity index is 1.99. The summed E-state index contributed by atoms with van der Waals surface area (Å²) < 4.78 is 5.45. The highest BCUT2D eigenvalue weighted by molar-refractivity contribution is 5.96. The summed E-state index contributed by atoms with van der Waals surface area (Å²) in [7, 11) is 0. The lowest BCUT2D eigenvalue weighted by molar-refractivity contribution is 0.0931. The van der Waals surface area contributed by atoms with E-state index in [9.17, 15) is 9.90 Å². The van der Waals surface area contributed by atoms with Crippen molar-refractivity contribution in [3.63, 3.8) is 0 Å². The number of rotatable bonds is 7. The SMILES string of the molecule is C=CCOc1ccccc1C(=O)NCC1(CO)CC1. The van der Waals surface area contributed by atoms with Gasteiger partial charge in [0.25, 0.3) is 5.91 Å². The first-order chi connectivity index (χ1) is 9.21. The molecule has 102 valence electrons. The minimum atomic E-state index is -0.167. The van der Waals surface area contributed by atoms with Crippen LogP contribution < -0.4 is 10.1 Å². The Hall–Kier alpha value is -1.81. The number of aliphatic hydroxyl groups excluding tert-OH is 1. The average molecular weight is 261 g/mol. The minimum Gasteiger partial charge on any atom is -0.489 e. The Kier molecular flexibility index (Phi) is 4.22. The maximum absolute atomic E-state index is 12.1. The minimum absolute atomic E-state index is 0.0907. The quantitative estimate of drug-likeness (QED) is 0.735. The summed E-state index contributed by atoms with van der Waals surface area (Å²) in [5.74, 6) is 0.383. The van der Waals surface area contributed by atoms with Gasteiger partial charge in [0, 0.05) is 12.0 Å². The van der Waals surface area contributed by atoms with Crippen LogP contribution in [0.5, 0.6) is 5.75 Å². The molecule has 0 saturated heterocycles. The highest BCUT2D eigenvalue weighted by atomic mass is 16.5. The van der Waals surface area contributed by atoms with Crippen molar-refractivity contribution in [3.05, 3.63) is 42.5 Å². The molecule has 0 atom stereocenters. The van der Waals surface area contributed by atoms with Crippen LogP contribution in [-0.4, -0.2) is 30.8 Å². The van der Waals surface area contributed by atoms with Crippen molar-refractivity contribution < 1.29 is 14.6 Å². The second kappa shape index (κ2) is 5.89. The largest absolute Gasteiger partial charge is 0.489 e. The first-order valence-electron chi connectivity index (χ1n) is 6.42. The third-order valence-corrected chi connectivity index (χ3v) is 3.40. The highest BCUT2D eigenvalue weighted by Crippen LogP contribution is 2.44. The van der Waals surface area contributed by atoms with Crippen molar-refractivity contribution in [1.82, 2.24) is 5.32 Å². The summed E-state index contributed by atoms with van der Waals surface area (Å²) in [6.07, 6.45) is 3.58. The Morgan fingerprint density at radius 2 is 2.21 bits per heavy atom. The molecule has 4 nitrogen and oxygen atoms in total. The van der Waals surface area contributed by atoms with Crippen LogP contribution in [0.25, 0.3) is 0 Å². The summed E-state index contributed by atoms with van der Waals surface area (Å²) in [6.45, 7) is 4.59. The number of amides is 1. The molecule has 0 aliphatic heterocycles. The number of para-hydroxylation sites is 1. The molecule has 1 fully saturated rings. The molecule has 0 aromatic heterocycles. The van der Waals surface area contributed by atoms with E-state index in [0.29, 0.717) is 24.5 Å². The zero-order chi connectivity index (χ0) is 13.7. The van der Waals surface area contributed by atoms with Crippen LogP contribution in [-0.2, 0) is 0 Å². The maximum atomic E-state index is 12.1. The lowest BCUT2D eigenvalue weighted by Crippen LogP contribution is -2.32. The van der Waals surface area contributed by atoms with Gasteiger partial charge in [0.2, 0.25) is 0 Å². The number of benzene rings is 1. The van der Waals surface area contributed by atoms with E-state index in [0.717, 1.165) is 12.8 Å². The fourth-order valence-corrected chi connectivity index (χ4v) is 1.86. The fraction of sp³-hybridized carbons (Fsp3) is 0.400. The van der Waals surface area contributed by atoms with E-state index < -0.39 is 0 Å². The molecule has 1 saturated carbocycles. The smallest absolute Gasteiger partial charge is 0.255 e. The van der Waals surface area contributed by atoms with Crippen molar-refractivity contribution in [2.45, 2.75) is 12.8 Å². The monoisotopic (exact) mass is 261 g/mol. The molecule has 0 unspecified atom stereocenters. The molecule has 2 rings (SSSR count). The number of aliphatic hydroxyl groups is 1. The van der Waals surface area contributed by atoms with Gasteiger partial charge in [-0.2, -0.15) is 0 Å². The van der Waals surface area contributed by atoms with Gasteiger partial charge < -0.3 is 15.2 Å². The summed E-state index contributed by atoms with van der Waals surface area (Å²) in [6, 6.07) is 7.11. The number of carbonyl (C=O) groups excluding carboxylic acids is 1. The normalized spacial score (nSPS) is 15.6. The molecule has 0 radical (unpaired) electrons. The van der Waals surface area contributed by atoms with E-state index in [2.05, 4.69) is 11.9 Å². The third kappa shape index (κ3) is 3.35. The first-order valence-corrected chi connectivity index (χ1v) is 6.42. The predicted octanol–water partition coefficient (Wildman–Crippen LogP) is 1.75. The van der Waals surface area contributed by atoms with E-state index >= 15 is 0 Å². The second-order valence-corrected chi connectivity index (χ2v) is 4.94. The maximum Gasteiger partial charge on any atom is 0.255 e. The van der Waals surface area contributed by atoms with Gasteiger partial charge in [-0.3, -0.25) is 4.79 Å². The molecule has 1 aliphatic carbocycles. The number of ether oxygens (including phenoxy) is 1. The van der Waals surface area contributed by atoms with Crippen LogP contribution >= 0.6 is 0 Å². The third-order valence-electron chi connectivity index (χ3n) is 3.40. The first kappa shape index (κ1) is 13.6. The Labute approximate surface area is 113 Å². The summed E-state index contributed by atoms with van der Waals surface area (Å²) in [5.41, 5.74) is 0.421. The van der Waals surface area contributed by atoms with Crippen LogP contribution in [0.2, 0.25) is 0 Å². The van der Waals surface area contributed by atoms with Gasteiger partial charge in [-0.25, -0.2) is 0 Å². The number of carbonyl (C=O) groups is 1. The van der Waals surface area contributed by atoms with Crippen molar-refractivity contribution in [2.24, 2.45) is 5.41 Å². The van der Waals surface area contributed by atoms with Gasteiger partial charge in [-0.1, -0.05) is 24.8 Å². The molecular weight excluding hydrogens is 242 g/mol. The predicted molar refractivity (Wildman–Crippen MR) is 73.2 cm³/mol. The van der Waals surface area contributed by atoms with Gasteiger partial charge in [-0.15, -0.1) is 0 Å². The molecule has 0 spiro atoms. The number of nitrogens with one attached hydrogen (secondary N) is 1. The van der Waals surface area contributed by atoms with E-state index in [1.807, 2.05) is 6.07 Å². The molecular formula is C15H19NO3. The topological polar surface area (TPSA) is 58.6 Å². The number of hydrogen-bond donors (Lipinski definition) is 2. The number of hydrogen-bond acceptors (Lipinski definition) is 3. The van der Waals surface area contributed by atoms with Crippen LogP contribution in [0.4, 0.5) is 0 Å². The van der Waals surface area contributed by atoms with Crippen molar-refractivity contribution >= 4 is 5.91 Å². The van der Waals surface area contributed by atoms with E-state index in [4.69, 9.17) is 4.74 Å². The zero-order valence-corrected chi connectivity index (χ0v) is 10.9. The Morgan fingerprint density at radius 1 is 1.47 bits per heavy atom. The summed E-state index contributed by atoms with van der Waals surface area (Å²) >= 11 is 0. The standard InChI is InChI=1S/C15H19NO3/c1-2-9-19-13-6-4-3-5-12(13)14(18)16-10-15(11-17)7-8-15/h2-6,17H,1,7-11H2,(H,16,18). The molecule has 1 aliphatic rings. The van der Waals surface area contributed by atoms with Crippen LogP contribution in [0.15, 0.2) is 36.9 Å². The van der Waals surface area contributed by atoms with E-state index in [1.165, 1.54) is 0 Å². The highest BCUT2D eigenvalue weighted by Gasteiger charge is 2.42. The van der Waals surface area contributed by atoms with Gasteiger partial charge >= 0.3 is 0 Å². The van der Waals surface area contributed by atoms with Crippen molar-refractivity contribution in [2.75, 3.05) is 19.8 Å². The molecule has 0 bridgehead atoms. The zero-order valence-electron chi connectivity index (χ0n) is 10.9. The van der Waals surface area contributed by atoms with E-state index in [1.54, 1.807) is 24.3 Å². The summed E-state index contributed by atoms with van der Waals surface area (Å²) in [5, 5.41) is 12.1. The van der Waals surface area contributed by atoms with Crippen LogP contribution in [0.1, 0.15) is 23.2 Å². The Morgan fingerprint density at radius 3 is 2.84 bits per heavy atom. The molecule has 1 amide bonds. The Bertz CT molecular complexity index is 466. The van der Waals surface area contributed by atoms with Crippen molar-refractivity contribution in [1.29, 1.82) is 0 Å². The molecule has 1 aromatic carbocycles. The molecule has 4 heteroatoms. The lowest BCUT2D eigenvalue weighted by atomic mass is 10.1. The summed E-state index contributed by atoms with van der Waals surface area (Å²) in [4.78, 5) is 12.1.